The molecule has 0 saturated carbocycles. The Bertz CT molecular complexity index is 713. The van der Waals surface area contributed by atoms with Crippen LogP contribution < -0.4 is 10.9 Å². The van der Waals surface area contributed by atoms with Crippen molar-refractivity contribution in [2.45, 2.75) is 25.3 Å². The lowest BCUT2D eigenvalue weighted by atomic mass is 10.2. The van der Waals surface area contributed by atoms with E-state index in [4.69, 9.17) is 0 Å². The number of hydrogen-bond acceptors (Lipinski definition) is 4. The molecular weight excluding hydrogens is 298 g/mol. The zero-order chi connectivity index (χ0) is 15.9. The summed E-state index contributed by atoms with van der Waals surface area (Å²) in [6.07, 6.45) is 3.03. The average Bonchev–Trinajstić information content (AvgIpc) is 2.52. The van der Waals surface area contributed by atoms with E-state index in [0.29, 0.717) is 24.2 Å². The SMILES string of the molecule is CCSc1ccccc1C(=O)NCCn1cncc(C)c1=O. The third kappa shape index (κ3) is 3.98. The van der Waals surface area contributed by atoms with Crippen LogP contribution in [0.3, 0.4) is 0 Å². The van der Waals surface area contributed by atoms with Crippen LogP contribution in [-0.2, 0) is 6.54 Å². The van der Waals surface area contributed by atoms with Crippen LogP contribution in [0.2, 0.25) is 0 Å². The molecule has 0 bridgehead atoms. The average molecular weight is 317 g/mol. The fraction of sp³-hybridized carbons (Fsp3) is 0.312. The van der Waals surface area contributed by atoms with E-state index in [2.05, 4.69) is 17.2 Å². The van der Waals surface area contributed by atoms with Crippen molar-refractivity contribution in [3.8, 4) is 0 Å². The fourth-order valence-electron chi connectivity index (χ4n) is 2.04. The number of nitrogens with one attached hydrogen (secondary N) is 1. The van der Waals surface area contributed by atoms with Crippen molar-refractivity contribution >= 4 is 17.7 Å². The summed E-state index contributed by atoms with van der Waals surface area (Å²) in [5.41, 5.74) is 1.19. The van der Waals surface area contributed by atoms with Gasteiger partial charge in [0.2, 0.25) is 0 Å². The Morgan fingerprint density at radius 2 is 2.14 bits per heavy atom. The Labute approximate surface area is 133 Å². The molecule has 1 aromatic heterocycles. The van der Waals surface area contributed by atoms with Gasteiger partial charge in [0.05, 0.1) is 11.9 Å². The van der Waals surface area contributed by atoms with Crippen LogP contribution in [0, 0.1) is 6.92 Å². The van der Waals surface area contributed by atoms with Crippen molar-refractivity contribution in [3.05, 3.63) is 58.3 Å². The molecule has 0 aliphatic carbocycles. The van der Waals surface area contributed by atoms with E-state index < -0.39 is 0 Å². The maximum Gasteiger partial charge on any atom is 0.256 e. The number of benzene rings is 1. The second-order valence-electron chi connectivity index (χ2n) is 4.76. The Balaban J connectivity index is 1.99. The smallest absolute Gasteiger partial charge is 0.256 e. The Morgan fingerprint density at radius 3 is 2.91 bits per heavy atom. The minimum Gasteiger partial charge on any atom is -0.350 e. The van der Waals surface area contributed by atoms with E-state index in [1.165, 1.54) is 17.1 Å². The van der Waals surface area contributed by atoms with Crippen molar-refractivity contribution in [2.24, 2.45) is 0 Å². The molecule has 1 N–H and O–H groups in total. The van der Waals surface area contributed by atoms with Crippen LogP contribution >= 0.6 is 11.8 Å². The summed E-state index contributed by atoms with van der Waals surface area (Å²) in [6.45, 7) is 4.57. The zero-order valence-corrected chi connectivity index (χ0v) is 13.5. The monoisotopic (exact) mass is 317 g/mol. The van der Waals surface area contributed by atoms with E-state index in [1.807, 2.05) is 24.3 Å². The number of carbonyl (C=O) groups excluding carboxylic acids is 1. The molecule has 5 nitrogen and oxygen atoms in total. The number of aryl methyl sites for hydroxylation is 1. The summed E-state index contributed by atoms with van der Waals surface area (Å²) in [7, 11) is 0. The van der Waals surface area contributed by atoms with Crippen LogP contribution in [0.5, 0.6) is 0 Å². The van der Waals surface area contributed by atoms with E-state index >= 15 is 0 Å². The third-order valence-corrected chi connectivity index (χ3v) is 4.10. The van der Waals surface area contributed by atoms with Gasteiger partial charge in [0, 0.05) is 29.7 Å². The lowest BCUT2D eigenvalue weighted by Crippen LogP contribution is -2.31. The van der Waals surface area contributed by atoms with Crippen molar-refractivity contribution in [1.82, 2.24) is 14.9 Å². The first kappa shape index (κ1) is 16.3. The van der Waals surface area contributed by atoms with Gasteiger partial charge in [-0.1, -0.05) is 19.1 Å². The first-order valence-corrected chi connectivity index (χ1v) is 8.13. The van der Waals surface area contributed by atoms with Gasteiger partial charge in [-0.25, -0.2) is 4.98 Å². The summed E-state index contributed by atoms with van der Waals surface area (Å²) in [4.78, 5) is 29.1. The second-order valence-corrected chi connectivity index (χ2v) is 6.07. The predicted molar refractivity (Wildman–Crippen MR) is 88.4 cm³/mol. The molecule has 0 unspecified atom stereocenters. The highest BCUT2D eigenvalue weighted by molar-refractivity contribution is 7.99. The molecule has 0 fully saturated rings. The maximum absolute atomic E-state index is 12.3. The van der Waals surface area contributed by atoms with Gasteiger partial charge in [0.15, 0.2) is 0 Å². The Kier molecular flexibility index (Phi) is 5.77. The molecule has 1 aromatic carbocycles. The summed E-state index contributed by atoms with van der Waals surface area (Å²) in [5, 5.41) is 2.85. The minimum absolute atomic E-state index is 0.0776. The Morgan fingerprint density at radius 1 is 1.36 bits per heavy atom. The van der Waals surface area contributed by atoms with Crippen LogP contribution in [-0.4, -0.2) is 27.8 Å². The number of nitrogens with zero attached hydrogens (tertiary/aromatic N) is 2. The van der Waals surface area contributed by atoms with Gasteiger partial charge < -0.3 is 5.32 Å². The van der Waals surface area contributed by atoms with Gasteiger partial charge in [-0.2, -0.15) is 0 Å². The van der Waals surface area contributed by atoms with Crippen molar-refractivity contribution in [1.29, 1.82) is 0 Å². The van der Waals surface area contributed by atoms with E-state index in [9.17, 15) is 9.59 Å². The van der Waals surface area contributed by atoms with Crippen molar-refractivity contribution in [3.63, 3.8) is 0 Å². The first-order chi connectivity index (χ1) is 10.6. The predicted octanol–water partition coefficient (Wildman–Crippen LogP) is 2.09. The molecule has 6 heteroatoms. The topological polar surface area (TPSA) is 64.0 Å². The van der Waals surface area contributed by atoms with E-state index in [1.54, 1.807) is 18.7 Å². The minimum atomic E-state index is -0.120. The molecular formula is C16H19N3O2S. The highest BCUT2D eigenvalue weighted by Gasteiger charge is 2.10. The van der Waals surface area contributed by atoms with Crippen molar-refractivity contribution < 1.29 is 4.79 Å². The quantitative estimate of drug-likeness (QED) is 0.829. The maximum atomic E-state index is 12.3. The van der Waals surface area contributed by atoms with Crippen LogP contribution in [0.15, 0.2) is 46.5 Å². The van der Waals surface area contributed by atoms with E-state index in [-0.39, 0.29) is 11.5 Å². The molecule has 0 aliphatic rings. The number of rotatable bonds is 6. The molecule has 0 saturated heterocycles. The summed E-state index contributed by atoms with van der Waals surface area (Å²) >= 11 is 1.64. The lowest BCUT2D eigenvalue weighted by molar-refractivity contribution is 0.0949. The molecule has 22 heavy (non-hydrogen) atoms. The highest BCUT2D eigenvalue weighted by atomic mass is 32.2. The Hall–Kier alpha value is -2.08. The number of hydrogen-bond donors (Lipinski definition) is 1. The molecule has 0 spiro atoms. The molecule has 0 radical (unpaired) electrons. The zero-order valence-electron chi connectivity index (χ0n) is 12.7. The first-order valence-electron chi connectivity index (χ1n) is 7.14. The third-order valence-electron chi connectivity index (χ3n) is 3.14. The van der Waals surface area contributed by atoms with Gasteiger partial charge >= 0.3 is 0 Å². The molecule has 1 heterocycles. The number of amides is 1. The molecule has 2 aromatic rings. The van der Waals surface area contributed by atoms with Crippen LogP contribution in [0.4, 0.5) is 0 Å². The molecule has 1 amide bonds. The summed E-state index contributed by atoms with van der Waals surface area (Å²) in [6, 6.07) is 7.53. The number of aromatic nitrogens is 2. The van der Waals surface area contributed by atoms with Gasteiger partial charge in [-0.05, 0) is 24.8 Å². The van der Waals surface area contributed by atoms with Gasteiger partial charge in [0.1, 0.15) is 0 Å². The van der Waals surface area contributed by atoms with Crippen molar-refractivity contribution in [2.75, 3.05) is 12.3 Å². The van der Waals surface area contributed by atoms with Crippen LogP contribution in [0.1, 0.15) is 22.8 Å². The number of carbonyl (C=O) groups is 1. The van der Waals surface area contributed by atoms with Gasteiger partial charge in [0.25, 0.3) is 11.5 Å². The molecule has 0 aliphatic heterocycles. The lowest BCUT2D eigenvalue weighted by Gasteiger charge is -2.10. The molecule has 0 atom stereocenters. The molecule has 2 rings (SSSR count). The fourth-order valence-corrected chi connectivity index (χ4v) is 2.84. The van der Waals surface area contributed by atoms with Gasteiger partial charge in [-0.3, -0.25) is 14.2 Å². The summed E-state index contributed by atoms with van der Waals surface area (Å²) in [5.74, 6) is 0.791. The largest absolute Gasteiger partial charge is 0.350 e. The van der Waals surface area contributed by atoms with Crippen LogP contribution in [0.25, 0.3) is 0 Å². The number of thioether (sulfide) groups is 1. The normalized spacial score (nSPS) is 10.5. The standard InChI is InChI=1S/C16H19N3O2S/c1-3-22-14-7-5-4-6-13(14)15(20)18-8-9-19-11-17-10-12(2)16(19)21/h4-7,10-11H,3,8-9H2,1-2H3,(H,18,20). The van der Waals surface area contributed by atoms with E-state index in [0.717, 1.165) is 10.6 Å². The van der Waals surface area contributed by atoms with Gasteiger partial charge in [-0.15, -0.1) is 11.8 Å². The highest BCUT2D eigenvalue weighted by Crippen LogP contribution is 2.21. The summed E-state index contributed by atoms with van der Waals surface area (Å²) < 4.78 is 1.50. The molecule has 116 valence electrons. The second kappa shape index (κ2) is 7.79.